The van der Waals surface area contributed by atoms with E-state index in [2.05, 4.69) is 10.6 Å². The number of carbonyl (C=O) groups is 1. The highest BCUT2D eigenvalue weighted by Crippen LogP contribution is 2.34. The maximum Gasteiger partial charge on any atom is 0.418 e. The fourth-order valence-corrected chi connectivity index (χ4v) is 1.47. The Morgan fingerprint density at radius 3 is 2.38 bits per heavy atom. The van der Waals surface area contributed by atoms with Crippen LogP contribution in [0, 0.1) is 5.41 Å². The number of urea groups is 1. The highest BCUT2D eigenvalue weighted by atomic mass is 32.1. The average molecular weight is 319 g/mol. The first-order valence-corrected chi connectivity index (χ1v) is 6.46. The lowest BCUT2D eigenvalue weighted by molar-refractivity contribution is -0.136. The van der Waals surface area contributed by atoms with E-state index in [1.54, 1.807) is 13.8 Å². The third-order valence-electron chi connectivity index (χ3n) is 2.84. The highest BCUT2D eigenvalue weighted by Gasteiger charge is 2.33. The first-order valence-electron chi connectivity index (χ1n) is 6.05. The molecule has 0 fully saturated rings. The molecule has 1 aromatic carbocycles. The van der Waals surface area contributed by atoms with E-state index in [4.69, 9.17) is 18.0 Å². The molecule has 0 saturated heterocycles. The second-order valence-electron chi connectivity index (χ2n) is 5.10. The molecule has 0 saturated carbocycles. The maximum atomic E-state index is 12.8. The molecule has 116 valence electrons. The minimum Gasteiger partial charge on any atom is -0.393 e. The number of benzene rings is 1. The number of halogens is 3. The molecule has 0 atom stereocenters. The number of alkyl halides is 3. The van der Waals surface area contributed by atoms with Gasteiger partial charge in [-0.2, -0.15) is 13.2 Å². The standard InChI is InChI=1S/C13H16F3N3OS/c1-12(2,10(17)21)7-18-11(20)19-9-6-4-3-5-8(9)13(14,15)16/h3-6H,7H2,1-2H3,(H2,17,21)(H2,18,19,20). The summed E-state index contributed by atoms with van der Waals surface area (Å²) >= 11 is 4.84. The molecule has 8 heteroatoms. The summed E-state index contributed by atoms with van der Waals surface area (Å²) < 4.78 is 38.3. The van der Waals surface area contributed by atoms with Gasteiger partial charge in [0.1, 0.15) is 0 Å². The molecule has 0 aliphatic heterocycles. The molecule has 0 radical (unpaired) electrons. The zero-order chi connectivity index (χ0) is 16.3. The van der Waals surface area contributed by atoms with E-state index in [9.17, 15) is 18.0 Å². The van der Waals surface area contributed by atoms with E-state index < -0.39 is 23.2 Å². The van der Waals surface area contributed by atoms with Crippen molar-refractivity contribution >= 4 is 28.9 Å². The van der Waals surface area contributed by atoms with Crippen LogP contribution in [0.2, 0.25) is 0 Å². The molecule has 0 unspecified atom stereocenters. The van der Waals surface area contributed by atoms with Crippen molar-refractivity contribution in [1.29, 1.82) is 0 Å². The fraction of sp³-hybridized carbons (Fsp3) is 0.385. The van der Waals surface area contributed by atoms with E-state index in [1.807, 2.05) is 0 Å². The average Bonchev–Trinajstić information content (AvgIpc) is 2.35. The fourth-order valence-electron chi connectivity index (χ4n) is 1.39. The summed E-state index contributed by atoms with van der Waals surface area (Å²) in [4.78, 5) is 11.9. The predicted octanol–water partition coefficient (Wildman–Crippen LogP) is 3.14. The molecule has 0 aromatic heterocycles. The molecular weight excluding hydrogens is 303 g/mol. The van der Waals surface area contributed by atoms with Crippen molar-refractivity contribution in [3.8, 4) is 0 Å². The number of carbonyl (C=O) groups excluding carboxylic acids is 1. The van der Waals surface area contributed by atoms with Gasteiger partial charge >= 0.3 is 12.2 Å². The second-order valence-corrected chi connectivity index (χ2v) is 5.54. The van der Waals surface area contributed by atoms with Gasteiger partial charge in [-0.25, -0.2) is 4.79 Å². The number of nitrogens with two attached hydrogens (primary N) is 1. The Kier molecular flexibility index (Phi) is 5.16. The van der Waals surface area contributed by atoms with Crippen LogP contribution in [0.5, 0.6) is 0 Å². The molecule has 0 aliphatic rings. The van der Waals surface area contributed by atoms with E-state index in [-0.39, 0.29) is 17.2 Å². The van der Waals surface area contributed by atoms with Crippen molar-refractivity contribution in [2.45, 2.75) is 20.0 Å². The molecule has 0 bridgehead atoms. The monoisotopic (exact) mass is 319 g/mol. The molecule has 4 N–H and O–H groups in total. The number of anilines is 1. The van der Waals surface area contributed by atoms with Crippen LogP contribution in [0.25, 0.3) is 0 Å². The van der Waals surface area contributed by atoms with Gasteiger partial charge in [0.25, 0.3) is 0 Å². The smallest absolute Gasteiger partial charge is 0.393 e. The highest BCUT2D eigenvalue weighted by molar-refractivity contribution is 7.80. The number of nitrogens with one attached hydrogen (secondary N) is 2. The normalized spacial score (nSPS) is 11.9. The largest absolute Gasteiger partial charge is 0.418 e. The van der Waals surface area contributed by atoms with Crippen molar-refractivity contribution in [1.82, 2.24) is 5.32 Å². The molecule has 0 aliphatic carbocycles. The van der Waals surface area contributed by atoms with Crippen LogP contribution in [-0.4, -0.2) is 17.6 Å². The Morgan fingerprint density at radius 1 is 1.29 bits per heavy atom. The number of hydrogen-bond donors (Lipinski definition) is 3. The van der Waals surface area contributed by atoms with Crippen molar-refractivity contribution in [2.75, 3.05) is 11.9 Å². The third-order valence-corrected chi connectivity index (χ3v) is 3.39. The van der Waals surface area contributed by atoms with E-state index in [0.717, 1.165) is 6.07 Å². The SMILES string of the molecule is CC(C)(CNC(=O)Nc1ccccc1C(F)(F)F)C(N)=S. The van der Waals surface area contributed by atoms with E-state index in [1.165, 1.54) is 18.2 Å². The van der Waals surface area contributed by atoms with Gasteiger partial charge in [-0.05, 0) is 12.1 Å². The second kappa shape index (κ2) is 6.30. The first-order chi connectivity index (χ1) is 9.54. The summed E-state index contributed by atoms with van der Waals surface area (Å²) in [6, 6.07) is 3.98. The van der Waals surface area contributed by atoms with Gasteiger partial charge in [0.15, 0.2) is 0 Å². The number of para-hydroxylation sites is 1. The van der Waals surface area contributed by atoms with Crippen LogP contribution in [0.1, 0.15) is 19.4 Å². The van der Waals surface area contributed by atoms with Gasteiger partial charge in [0.2, 0.25) is 0 Å². The van der Waals surface area contributed by atoms with Crippen molar-refractivity contribution in [3.05, 3.63) is 29.8 Å². The predicted molar refractivity (Wildman–Crippen MR) is 79.0 cm³/mol. The molecule has 0 spiro atoms. The van der Waals surface area contributed by atoms with Gasteiger partial charge < -0.3 is 16.4 Å². The molecule has 21 heavy (non-hydrogen) atoms. The van der Waals surface area contributed by atoms with Crippen LogP contribution >= 0.6 is 12.2 Å². The Morgan fingerprint density at radius 2 is 1.86 bits per heavy atom. The summed E-state index contributed by atoms with van der Waals surface area (Å²) in [6.45, 7) is 3.56. The summed E-state index contributed by atoms with van der Waals surface area (Å²) in [7, 11) is 0. The van der Waals surface area contributed by atoms with Gasteiger partial charge in [-0.1, -0.05) is 38.2 Å². The lowest BCUT2D eigenvalue weighted by atomic mass is 9.94. The zero-order valence-corrected chi connectivity index (χ0v) is 12.4. The summed E-state index contributed by atoms with van der Waals surface area (Å²) in [5.74, 6) is 0. The van der Waals surface area contributed by atoms with Gasteiger partial charge in [0, 0.05) is 12.0 Å². The third kappa shape index (κ3) is 4.89. The first kappa shape index (κ1) is 17.2. The van der Waals surface area contributed by atoms with Gasteiger partial charge in [-0.15, -0.1) is 0 Å². The molecule has 1 rings (SSSR count). The van der Waals surface area contributed by atoms with Gasteiger partial charge in [-0.3, -0.25) is 0 Å². The molecule has 1 aromatic rings. The number of hydrogen-bond acceptors (Lipinski definition) is 2. The Labute approximate surface area is 125 Å². The van der Waals surface area contributed by atoms with Crippen molar-refractivity contribution in [3.63, 3.8) is 0 Å². The van der Waals surface area contributed by atoms with E-state index >= 15 is 0 Å². The molecular formula is C13H16F3N3OS. The maximum absolute atomic E-state index is 12.8. The Hall–Kier alpha value is -1.83. The number of thiocarbonyl (C=S) groups is 1. The Bertz CT molecular complexity index is 544. The zero-order valence-electron chi connectivity index (χ0n) is 11.5. The van der Waals surface area contributed by atoms with Crippen molar-refractivity contribution in [2.24, 2.45) is 11.1 Å². The summed E-state index contributed by atoms with van der Waals surface area (Å²) in [5, 5.41) is 4.62. The van der Waals surface area contributed by atoms with Crippen molar-refractivity contribution < 1.29 is 18.0 Å². The minimum absolute atomic E-state index is 0.113. The topological polar surface area (TPSA) is 67.2 Å². The molecule has 4 nitrogen and oxygen atoms in total. The lowest BCUT2D eigenvalue weighted by Crippen LogP contribution is -2.43. The molecule has 0 heterocycles. The van der Waals surface area contributed by atoms with Crippen LogP contribution in [0.4, 0.5) is 23.7 Å². The molecule has 2 amide bonds. The van der Waals surface area contributed by atoms with Crippen LogP contribution in [-0.2, 0) is 6.18 Å². The number of amides is 2. The van der Waals surface area contributed by atoms with E-state index in [0.29, 0.717) is 0 Å². The quantitative estimate of drug-likeness (QED) is 0.747. The number of rotatable bonds is 4. The minimum atomic E-state index is -4.54. The van der Waals surface area contributed by atoms with Crippen LogP contribution < -0.4 is 16.4 Å². The summed E-state index contributed by atoms with van der Waals surface area (Å²) in [6.07, 6.45) is -4.54. The van der Waals surface area contributed by atoms with Crippen LogP contribution in [0.3, 0.4) is 0 Å². The lowest BCUT2D eigenvalue weighted by Gasteiger charge is -2.23. The summed E-state index contributed by atoms with van der Waals surface area (Å²) in [5.41, 5.74) is 3.65. The van der Waals surface area contributed by atoms with Gasteiger partial charge in [0.05, 0.1) is 16.2 Å². The van der Waals surface area contributed by atoms with Crippen LogP contribution in [0.15, 0.2) is 24.3 Å². The Balaban J connectivity index is 2.75.